The second-order valence-corrected chi connectivity index (χ2v) is 4.51. The van der Waals surface area contributed by atoms with Gasteiger partial charge < -0.3 is 0 Å². The zero-order valence-electron chi connectivity index (χ0n) is 10.2. The van der Waals surface area contributed by atoms with Gasteiger partial charge in [-0.2, -0.15) is 5.26 Å². The molecule has 0 amide bonds. The zero-order chi connectivity index (χ0) is 14.9. The molecule has 0 radical (unpaired) electrons. The highest BCUT2D eigenvalue weighted by molar-refractivity contribution is 5.96. The van der Waals surface area contributed by atoms with Gasteiger partial charge in [0.05, 0.1) is 27.5 Å². The predicted molar refractivity (Wildman–Crippen MR) is 65.9 cm³/mol. The standard InChI is InChI=1S/C12H9N3O5/c13-7-12(5-1-2-11(12)16)9-4-3-8(14(17)18)6-10(9)15(19)20/h3-4,6H,1-2,5H2/t12-/m0/s1. The highest BCUT2D eigenvalue weighted by Gasteiger charge is 2.48. The van der Waals surface area contributed by atoms with Crippen LogP contribution < -0.4 is 0 Å². The summed E-state index contributed by atoms with van der Waals surface area (Å²) in [6.07, 6.45) is 0.850. The van der Waals surface area contributed by atoms with Gasteiger partial charge in [-0.25, -0.2) is 0 Å². The smallest absolute Gasteiger partial charge is 0.281 e. The van der Waals surface area contributed by atoms with Gasteiger partial charge >= 0.3 is 0 Å². The van der Waals surface area contributed by atoms with Crippen molar-refractivity contribution in [2.45, 2.75) is 24.7 Å². The van der Waals surface area contributed by atoms with Crippen molar-refractivity contribution in [3.05, 3.63) is 44.0 Å². The molecule has 0 saturated heterocycles. The van der Waals surface area contributed by atoms with Gasteiger partial charge in [-0.05, 0) is 18.9 Å². The third-order valence-electron chi connectivity index (χ3n) is 3.47. The summed E-state index contributed by atoms with van der Waals surface area (Å²) in [6.45, 7) is 0. The highest BCUT2D eigenvalue weighted by atomic mass is 16.6. The third-order valence-corrected chi connectivity index (χ3v) is 3.47. The number of nitro benzene ring substituents is 2. The van der Waals surface area contributed by atoms with Crippen LogP contribution in [0.1, 0.15) is 24.8 Å². The molecule has 1 fully saturated rings. The Morgan fingerprint density at radius 1 is 1.25 bits per heavy atom. The first kappa shape index (κ1) is 13.6. The summed E-state index contributed by atoms with van der Waals surface area (Å²) in [5.41, 5.74) is -2.62. The summed E-state index contributed by atoms with van der Waals surface area (Å²) in [5, 5.41) is 31.1. The molecule has 0 spiro atoms. The maximum absolute atomic E-state index is 11.9. The van der Waals surface area contributed by atoms with E-state index in [1.807, 2.05) is 6.07 Å². The topological polar surface area (TPSA) is 127 Å². The van der Waals surface area contributed by atoms with E-state index < -0.39 is 26.6 Å². The molecule has 2 rings (SSSR count). The van der Waals surface area contributed by atoms with Gasteiger partial charge in [-0.15, -0.1) is 0 Å². The minimum absolute atomic E-state index is 0.0573. The van der Waals surface area contributed by atoms with Gasteiger partial charge in [0, 0.05) is 12.5 Å². The lowest BCUT2D eigenvalue weighted by Gasteiger charge is -2.18. The first-order valence-corrected chi connectivity index (χ1v) is 5.80. The molecule has 1 aromatic carbocycles. The van der Waals surface area contributed by atoms with E-state index in [4.69, 9.17) is 0 Å². The lowest BCUT2D eigenvalue weighted by Crippen LogP contribution is -2.29. The Hall–Kier alpha value is -2.82. The van der Waals surface area contributed by atoms with Crippen molar-refractivity contribution < 1.29 is 14.6 Å². The predicted octanol–water partition coefficient (Wildman–Crippen LogP) is 2.02. The summed E-state index contributed by atoms with van der Waals surface area (Å²) in [4.78, 5) is 32.1. The Morgan fingerprint density at radius 3 is 2.40 bits per heavy atom. The van der Waals surface area contributed by atoms with E-state index in [0.29, 0.717) is 6.42 Å². The second kappa shape index (κ2) is 4.70. The van der Waals surface area contributed by atoms with Crippen LogP contribution in [0.3, 0.4) is 0 Å². The van der Waals surface area contributed by atoms with Crippen molar-refractivity contribution in [1.82, 2.24) is 0 Å². The molecule has 1 aliphatic rings. The fraction of sp³-hybridized carbons (Fsp3) is 0.333. The summed E-state index contributed by atoms with van der Waals surface area (Å²) in [5.74, 6) is -0.378. The molecular formula is C12H9N3O5. The monoisotopic (exact) mass is 275 g/mol. The Balaban J connectivity index is 2.68. The molecule has 8 nitrogen and oxygen atoms in total. The average Bonchev–Trinajstić information content (AvgIpc) is 2.80. The summed E-state index contributed by atoms with van der Waals surface area (Å²) >= 11 is 0. The highest BCUT2D eigenvalue weighted by Crippen LogP contribution is 2.42. The number of benzene rings is 1. The van der Waals surface area contributed by atoms with Crippen LogP contribution in [-0.2, 0) is 10.2 Å². The van der Waals surface area contributed by atoms with E-state index in [1.165, 1.54) is 0 Å². The van der Waals surface area contributed by atoms with Crippen LogP contribution in [0.4, 0.5) is 11.4 Å². The average molecular weight is 275 g/mol. The summed E-state index contributed by atoms with van der Waals surface area (Å²) < 4.78 is 0. The maximum Gasteiger partial charge on any atom is 0.281 e. The largest absolute Gasteiger partial charge is 0.298 e. The fourth-order valence-corrected chi connectivity index (χ4v) is 2.48. The van der Waals surface area contributed by atoms with Gasteiger partial charge in [0.15, 0.2) is 5.78 Å². The van der Waals surface area contributed by atoms with E-state index in [9.17, 15) is 30.3 Å². The zero-order valence-corrected chi connectivity index (χ0v) is 10.2. The van der Waals surface area contributed by atoms with Crippen LogP contribution in [-0.4, -0.2) is 15.6 Å². The van der Waals surface area contributed by atoms with Crippen LogP contribution in [0.25, 0.3) is 0 Å². The number of ketones is 1. The SMILES string of the molecule is N#C[C@]1(c2ccc([N+](=O)[O-])cc2[N+](=O)[O-])CCCC1=O. The molecule has 0 bridgehead atoms. The van der Waals surface area contributed by atoms with Crippen LogP contribution in [0, 0.1) is 31.6 Å². The molecule has 1 atom stereocenters. The molecular weight excluding hydrogens is 266 g/mol. The Morgan fingerprint density at radius 2 is 1.95 bits per heavy atom. The molecule has 8 heteroatoms. The van der Waals surface area contributed by atoms with Gasteiger partial charge in [0.2, 0.25) is 0 Å². The third kappa shape index (κ3) is 1.89. The van der Waals surface area contributed by atoms with E-state index in [2.05, 4.69) is 0 Å². The van der Waals surface area contributed by atoms with Crippen molar-refractivity contribution in [3.63, 3.8) is 0 Å². The molecule has 0 heterocycles. The number of carbonyl (C=O) groups excluding carboxylic acids is 1. The number of Topliss-reactive ketones (excluding diaryl/α,β-unsaturated/α-hetero) is 1. The lowest BCUT2D eigenvalue weighted by atomic mass is 9.78. The molecule has 0 aliphatic heterocycles. The van der Waals surface area contributed by atoms with Crippen molar-refractivity contribution in [1.29, 1.82) is 5.26 Å². The fourth-order valence-electron chi connectivity index (χ4n) is 2.48. The van der Waals surface area contributed by atoms with Gasteiger partial charge in [-0.3, -0.25) is 25.0 Å². The number of nitriles is 1. The quantitative estimate of drug-likeness (QED) is 0.613. The normalized spacial score (nSPS) is 21.4. The minimum atomic E-state index is -1.56. The Labute approximate surface area is 112 Å². The van der Waals surface area contributed by atoms with Crippen molar-refractivity contribution in [3.8, 4) is 6.07 Å². The summed E-state index contributed by atoms with van der Waals surface area (Å²) in [6, 6.07) is 4.87. The van der Waals surface area contributed by atoms with E-state index in [1.54, 1.807) is 0 Å². The Bertz CT molecular complexity index is 664. The number of hydrogen-bond donors (Lipinski definition) is 0. The molecule has 1 aromatic rings. The first-order valence-electron chi connectivity index (χ1n) is 5.80. The summed E-state index contributed by atoms with van der Waals surface area (Å²) in [7, 11) is 0. The minimum Gasteiger partial charge on any atom is -0.298 e. The van der Waals surface area contributed by atoms with Crippen molar-refractivity contribution in [2.75, 3.05) is 0 Å². The second-order valence-electron chi connectivity index (χ2n) is 4.51. The van der Waals surface area contributed by atoms with Crippen LogP contribution in [0.15, 0.2) is 18.2 Å². The molecule has 0 N–H and O–H groups in total. The number of nitrogens with zero attached hydrogens (tertiary/aromatic N) is 3. The van der Waals surface area contributed by atoms with Gasteiger partial charge in [0.1, 0.15) is 5.41 Å². The first-order chi connectivity index (χ1) is 9.42. The number of nitro groups is 2. The van der Waals surface area contributed by atoms with Gasteiger partial charge in [-0.1, -0.05) is 0 Å². The van der Waals surface area contributed by atoms with Crippen molar-refractivity contribution in [2.24, 2.45) is 0 Å². The molecule has 1 aliphatic carbocycles. The van der Waals surface area contributed by atoms with E-state index >= 15 is 0 Å². The lowest BCUT2D eigenvalue weighted by molar-refractivity contribution is -0.394. The van der Waals surface area contributed by atoms with E-state index in [-0.39, 0.29) is 24.2 Å². The van der Waals surface area contributed by atoms with Crippen LogP contribution in [0.5, 0.6) is 0 Å². The van der Waals surface area contributed by atoms with Crippen LogP contribution in [0.2, 0.25) is 0 Å². The molecule has 0 unspecified atom stereocenters. The number of hydrogen-bond acceptors (Lipinski definition) is 6. The van der Waals surface area contributed by atoms with Crippen molar-refractivity contribution >= 4 is 17.2 Å². The van der Waals surface area contributed by atoms with Crippen LogP contribution >= 0.6 is 0 Å². The maximum atomic E-state index is 11.9. The number of rotatable bonds is 3. The molecule has 0 aromatic heterocycles. The number of non-ortho nitro benzene ring substituents is 1. The number of carbonyl (C=O) groups is 1. The molecule has 20 heavy (non-hydrogen) atoms. The molecule has 1 saturated carbocycles. The molecule has 102 valence electrons. The Kier molecular flexibility index (Phi) is 3.19. The van der Waals surface area contributed by atoms with E-state index in [0.717, 1.165) is 18.2 Å². The van der Waals surface area contributed by atoms with Gasteiger partial charge in [0.25, 0.3) is 11.4 Å².